The first-order valence-corrected chi connectivity index (χ1v) is 9.66. The lowest BCUT2D eigenvalue weighted by Crippen LogP contribution is -2.14. The quantitative estimate of drug-likeness (QED) is 0.488. The molecular formula is C24H21N3O3. The topological polar surface area (TPSA) is 73.2 Å². The number of carbonyl (C=O) groups is 2. The number of hydrogen-bond donors (Lipinski definition) is 1. The Morgan fingerprint density at radius 1 is 0.967 bits per heavy atom. The molecule has 150 valence electrons. The van der Waals surface area contributed by atoms with Gasteiger partial charge in [-0.1, -0.05) is 36.4 Å². The van der Waals surface area contributed by atoms with Crippen molar-refractivity contribution in [2.75, 3.05) is 12.4 Å². The highest BCUT2D eigenvalue weighted by molar-refractivity contribution is 5.94. The minimum Gasteiger partial charge on any atom is -0.465 e. The maximum Gasteiger partial charge on any atom is 0.337 e. The Morgan fingerprint density at radius 2 is 1.73 bits per heavy atom. The molecule has 1 aromatic heterocycles. The van der Waals surface area contributed by atoms with Gasteiger partial charge in [0, 0.05) is 24.2 Å². The summed E-state index contributed by atoms with van der Waals surface area (Å²) in [7, 11) is 1.33. The fourth-order valence-electron chi connectivity index (χ4n) is 3.40. The van der Waals surface area contributed by atoms with Crippen LogP contribution < -0.4 is 5.32 Å². The molecule has 0 saturated carbocycles. The number of para-hydroxylation sites is 3. The van der Waals surface area contributed by atoms with Gasteiger partial charge in [-0.3, -0.25) is 9.36 Å². The molecule has 0 saturated heterocycles. The first-order valence-electron chi connectivity index (χ1n) is 9.66. The lowest BCUT2D eigenvalue weighted by atomic mass is 10.2. The number of hydrogen-bond acceptors (Lipinski definition) is 4. The summed E-state index contributed by atoms with van der Waals surface area (Å²) in [4.78, 5) is 28.9. The minimum atomic E-state index is -0.442. The van der Waals surface area contributed by atoms with Gasteiger partial charge in [0.2, 0.25) is 5.91 Å². The van der Waals surface area contributed by atoms with Crippen LogP contribution in [0.4, 0.5) is 5.69 Å². The fourth-order valence-corrected chi connectivity index (χ4v) is 3.40. The fraction of sp³-hybridized carbons (Fsp3) is 0.125. The summed E-state index contributed by atoms with van der Waals surface area (Å²) in [6.07, 6.45) is 0.741. The monoisotopic (exact) mass is 399 g/mol. The van der Waals surface area contributed by atoms with Crippen LogP contribution in [-0.2, 0) is 16.0 Å². The van der Waals surface area contributed by atoms with Gasteiger partial charge in [-0.15, -0.1) is 0 Å². The van der Waals surface area contributed by atoms with E-state index in [1.165, 1.54) is 7.11 Å². The molecule has 3 aromatic carbocycles. The highest BCUT2D eigenvalue weighted by Crippen LogP contribution is 2.22. The van der Waals surface area contributed by atoms with Crippen molar-refractivity contribution < 1.29 is 14.3 Å². The predicted molar refractivity (Wildman–Crippen MR) is 116 cm³/mol. The molecule has 0 fully saturated rings. The number of methoxy groups -OCH3 is 1. The van der Waals surface area contributed by atoms with Crippen LogP contribution in [-0.4, -0.2) is 28.5 Å². The molecule has 0 aliphatic rings. The number of anilines is 1. The van der Waals surface area contributed by atoms with E-state index >= 15 is 0 Å². The Morgan fingerprint density at radius 3 is 2.53 bits per heavy atom. The SMILES string of the molecule is COC(=O)c1cccc(NC(=O)CCc2nc3ccccc3n2-c2ccccc2)c1. The molecule has 0 atom stereocenters. The largest absolute Gasteiger partial charge is 0.465 e. The Kier molecular flexibility index (Phi) is 5.57. The number of imidazole rings is 1. The van der Waals surface area contributed by atoms with Crippen molar-refractivity contribution in [3.8, 4) is 5.69 Å². The van der Waals surface area contributed by atoms with Crippen molar-refractivity contribution in [1.82, 2.24) is 9.55 Å². The van der Waals surface area contributed by atoms with Crippen LogP contribution >= 0.6 is 0 Å². The number of esters is 1. The third-order valence-electron chi connectivity index (χ3n) is 4.79. The number of amides is 1. The average Bonchev–Trinajstić information content (AvgIpc) is 3.16. The highest BCUT2D eigenvalue weighted by atomic mass is 16.5. The van der Waals surface area contributed by atoms with Gasteiger partial charge in [-0.25, -0.2) is 9.78 Å². The normalized spacial score (nSPS) is 10.7. The molecule has 1 heterocycles. The third kappa shape index (κ3) is 4.07. The molecular weight excluding hydrogens is 378 g/mol. The number of aryl methyl sites for hydroxylation is 1. The number of aromatic nitrogens is 2. The van der Waals surface area contributed by atoms with E-state index in [9.17, 15) is 9.59 Å². The molecule has 0 aliphatic carbocycles. The minimum absolute atomic E-state index is 0.149. The van der Waals surface area contributed by atoms with Crippen molar-refractivity contribution in [1.29, 1.82) is 0 Å². The van der Waals surface area contributed by atoms with E-state index in [0.717, 1.165) is 22.5 Å². The number of ether oxygens (including phenoxy) is 1. The Balaban J connectivity index is 1.53. The number of fused-ring (bicyclic) bond motifs is 1. The van der Waals surface area contributed by atoms with Crippen LogP contribution in [0.1, 0.15) is 22.6 Å². The van der Waals surface area contributed by atoms with E-state index in [2.05, 4.69) is 9.88 Å². The molecule has 0 spiro atoms. The first-order chi connectivity index (χ1) is 14.7. The maximum atomic E-state index is 12.5. The van der Waals surface area contributed by atoms with Crippen LogP contribution in [0.15, 0.2) is 78.9 Å². The van der Waals surface area contributed by atoms with Crippen LogP contribution in [0.5, 0.6) is 0 Å². The van der Waals surface area contributed by atoms with Gasteiger partial charge in [0.1, 0.15) is 5.82 Å². The molecule has 30 heavy (non-hydrogen) atoms. The van der Waals surface area contributed by atoms with E-state index in [1.54, 1.807) is 24.3 Å². The van der Waals surface area contributed by atoms with Crippen molar-refractivity contribution in [2.45, 2.75) is 12.8 Å². The third-order valence-corrected chi connectivity index (χ3v) is 4.79. The molecule has 6 heteroatoms. The summed E-state index contributed by atoms with van der Waals surface area (Å²) < 4.78 is 6.81. The summed E-state index contributed by atoms with van der Waals surface area (Å²) in [5.74, 6) is 0.229. The number of nitrogens with zero attached hydrogens (tertiary/aromatic N) is 2. The molecule has 1 amide bonds. The van der Waals surface area contributed by atoms with Crippen molar-refractivity contribution in [2.24, 2.45) is 0 Å². The van der Waals surface area contributed by atoms with Crippen molar-refractivity contribution in [3.63, 3.8) is 0 Å². The Labute approximate surface area is 174 Å². The Hall–Kier alpha value is -3.93. The van der Waals surface area contributed by atoms with E-state index in [4.69, 9.17) is 9.72 Å². The molecule has 0 unspecified atom stereocenters. The molecule has 0 aliphatic heterocycles. The summed E-state index contributed by atoms with van der Waals surface area (Å²) in [5.41, 5.74) is 3.85. The van der Waals surface area contributed by atoms with Gasteiger partial charge in [-0.05, 0) is 42.5 Å². The predicted octanol–water partition coefficient (Wildman–Crippen LogP) is 4.38. The van der Waals surface area contributed by atoms with Crippen molar-refractivity contribution >= 4 is 28.6 Å². The number of carbonyl (C=O) groups excluding carboxylic acids is 2. The van der Waals surface area contributed by atoms with E-state index < -0.39 is 5.97 Å². The van der Waals surface area contributed by atoms with E-state index in [0.29, 0.717) is 17.7 Å². The summed E-state index contributed by atoms with van der Waals surface area (Å²) in [6.45, 7) is 0. The zero-order chi connectivity index (χ0) is 20.9. The second-order valence-corrected chi connectivity index (χ2v) is 6.81. The van der Waals surface area contributed by atoms with Crippen LogP contribution in [0.2, 0.25) is 0 Å². The number of nitrogens with one attached hydrogen (secondary N) is 1. The molecule has 0 bridgehead atoms. The average molecular weight is 399 g/mol. The Bertz CT molecular complexity index is 1200. The van der Waals surface area contributed by atoms with Gasteiger partial charge in [-0.2, -0.15) is 0 Å². The molecule has 0 radical (unpaired) electrons. The maximum absolute atomic E-state index is 12.5. The zero-order valence-corrected chi connectivity index (χ0v) is 16.5. The van der Waals surface area contributed by atoms with Crippen LogP contribution in [0.3, 0.4) is 0 Å². The highest BCUT2D eigenvalue weighted by Gasteiger charge is 2.14. The number of benzene rings is 3. The van der Waals surface area contributed by atoms with E-state index in [-0.39, 0.29) is 12.3 Å². The van der Waals surface area contributed by atoms with Gasteiger partial charge in [0.05, 0.1) is 23.7 Å². The number of rotatable bonds is 6. The first kappa shape index (κ1) is 19.4. The lowest BCUT2D eigenvalue weighted by Gasteiger charge is -2.10. The summed E-state index contributed by atoms with van der Waals surface area (Å²) in [5, 5.41) is 2.84. The van der Waals surface area contributed by atoms with Crippen LogP contribution in [0.25, 0.3) is 16.7 Å². The molecule has 6 nitrogen and oxygen atoms in total. The standard InChI is InChI=1S/C24H21N3O3/c1-30-24(29)17-8-7-9-18(16-17)25-23(28)15-14-22-26-20-12-5-6-13-21(20)27(22)19-10-3-2-4-11-19/h2-13,16H,14-15H2,1H3,(H,25,28). The van der Waals surface area contributed by atoms with Gasteiger partial charge >= 0.3 is 5.97 Å². The summed E-state index contributed by atoms with van der Waals surface area (Å²) in [6, 6.07) is 24.6. The van der Waals surface area contributed by atoms with Gasteiger partial charge in [0.25, 0.3) is 0 Å². The van der Waals surface area contributed by atoms with Crippen molar-refractivity contribution in [3.05, 3.63) is 90.3 Å². The smallest absolute Gasteiger partial charge is 0.337 e. The zero-order valence-electron chi connectivity index (χ0n) is 16.5. The van der Waals surface area contributed by atoms with Gasteiger partial charge in [0.15, 0.2) is 0 Å². The van der Waals surface area contributed by atoms with Crippen LogP contribution in [0, 0.1) is 0 Å². The van der Waals surface area contributed by atoms with E-state index in [1.807, 2.05) is 54.6 Å². The second kappa shape index (κ2) is 8.61. The molecule has 1 N–H and O–H groups in total. The molecule has 4 aromatic rings. The van der Waals surface area contributed by atoms with Gasteiger partial charge < -0.3 is 10.1 Å². The second-order valence-electron chi connectivity index (χ2n) is 6.81. The summed E-state index contributed by atoms with van der Waals surface area (Å²) >= 11 is 0. The lowest BCUT2D eigenvalue weighted by molar-refractivity contribution is -0.116. The molecule has 4 rings (SSSR count).